The second kappa shape index (κ2) is 7.48. The Kier molecular flexibility index (Phi) is 4.67. The van der Waals surface area contributed by atoms with E-state index in [-0.39, 0.29) is 17.6 Å². The van der Waals surface area contributed by atoms with Gasteiger partial charge in [-0.15, -0.1) is 0 Å². The molecule has 4 aliphatic heterocycles. The van der Waals surface area contributed by atoms with E-state index in [0.29, 0.717) is 29.1 Å². The molecule has 2 saturated heterocycles. The standard InChI is InChI=1S/C22H24N4O3/c27-21(25-10-4-5-11-25)18-14-24(13-17-9-6-12-29-17)15-19-20(18)23-26(22(19)28)16-7-2-1-3-8-16/h1-3,7-8,14-15,17H,4-6,9-13H2/t17-/m1/s1. The van der Waals surface area contributed by atoms with Crippen LogP contribution in [-0.2, 0) is 11.3 Å². The smallest absolute Gasteiger partial charge is 0.282 e. The maximum Gasteiger partial charge on any atom is 0.282 e. The van der Waals surface area contributed by atoms with Gasteiger partial charge in [-0.25, -0.2) is 0 Å². The number of carbonyl (C=O) groups excluding carboxylic acids is 1. The van der Waals surface area contributed by atoms with Gasteiger partial charge in [0.15, 0.2) is 0 Å². The highest BCUT2D eigenvalue weighted by Gasteiger charge is 2.29. The van der Waals surface area contributed by atoms with Gasteiger partial charge in [0.05, 0.1) is 22.9 Å². The molecule has 0 aliphatic carbocycles. The van der Waals surface area contributed by atoms with Gasteiger partial charge >= 0.3 is 0 Å². The van der Waals surface area contributed by atoms with E-state index >= 15 is 0 Å². The third kappa shape index (κ3) is 3.35. The van der Waals surface area contributed by atoms with E-state index in [2.05, 4.69) is 5.10 Å². The molecule has 7 heteroatoms. The number of rotatable bonds is 4. The molecule has 29 heavy (non-hydrogen) atoms. The highest BCUT2D eigenvalue weighted by Crippen LogP contribution is 2.26. The van der Waals surface area contributed by atoms with Crippen molar-refractivity contribution < 1.29 is 9.53 Å². The molecule has 0 unspecified atom stereocenters. The second-order valence-corrected chi connectivity index (χ2v) is 7.82. The van der Waals surface area contributed by atoms with Gasteiger partial charge < -0.3 is 14.2 Å². The van der Waals surface area contributed by atoms with E-state index in [4.69, 9.17) is 4.74 Å². The summed E-state index contributed by atoms with van der Waals surface area (Å²) in [5.74, 6) is -0.0492. The molecule has 1 atom stereocenters. The van der Waals surface area contributed by atoms with E-state index in [1.54, 1.807) is 0 Å². The number of pyridine rings is 1. The molecule has 5 rings (SSSR count). The fraction of sp³-hybridized carbons (Fsp3) is 0.409. The predicted octanol–water partition coefficient (Wildman–Crippen LogP) is 2.55. The molecular formula is C22H24N4O3. The Bertz CT molecular complexity index is 1040. The third-order valence-corrected chi connectivity index (χ3v) is 5.79. The summed E-state index contributed by atoms with van der Waals surface area (Å²) in [7, 11) is 0. The summed E-state index contributed by atoms with van der Waals surface area (Å²) in [4.78, 5) is 28.2. The van der Waals surface area contributed by atoms with Crippen LogP contribution in [-0.4, -0.2) is 51.0 Å². The van der Waals surface area contributed by atoms with Crippen molar-refractivity contribution in [1.82, 2.24) is 19.2 Å². The Labute approximate surface area is 168 Å². The van der Waals surface area contributed by atoms with Crippen LogP contribution in [0.1, 0.15) is 36.0 Å². The molecule has 0 aromatic heterocycles. The summed E-state index contributed by atoms with van der Waals surface area (Å²) in [5, 5.41) is 4.56. The molecule has 4 heterocycles. The van der Waals surface area contributed by atoms with Crippen molar-refractivity contribution in [3.63, 3.8) is 0 Å². The first-order valence-electron chi connectivity index (χ1n) is 10.3. The zero-order valence-electron chi connectivity index (χ0n) is 16.3. The lowest BCUT2D eigenvalue weighted by Gasteiger charge is -2.19. The number of amides is 1. The Hall–Kier alpha value is -2.93. The molecular weight excluding hydrogens is 368 g/mol. The number of nitrogens with zero attached hydrogens (tertiary/aromatic N) is 4. The number of fused-ring (bicyclic) bond motifs is 1. The van der Waals surface area contributed by atoms with Crippen LogP contribution in [0.2, 0.25) is 0 Å². The minimum atomic E-state index is -0.205. The van der Waals surface area contributed by atoms with Crippen molar-refractivity contribution in [3.8, 4) is 16.9 Å². The summed E-state index contributed by atoms with van der Waals surface area (Å²) < 4.78 is 9.08. The third-order valence-electron chi connectivity index (χ3n) is 5.79. The Balaban J connectivity index is 1.63. The van der Waals surface area contributed by atoms with Gasteiger partial charge in [0, 0.05) is 38.6 Å². The van der Waals surface area contributed by atoms with Crippen LogP contribution in [0.3, 0.4) is 0 Å². The maximum atomic E-state index is 13.2. The molecule has 1 aromatic rings. The van der Waals surface area contributed by atoms with Crippen molar-refractivity contribution in [2.45, 2.75) is 38.3 Å². The average Bonchev–Trinajstić information content (AvgIpc) is 3.50. The van der Waals surface area contributed by atoms with E-state index in [0.717, 1.165) is 45.4 Å². The molecule has 0 saturated carbocycles. The van der Waals surface area contributed by atoms with E-state index < -0.39 is 0 Å². The molecule has 0 radical (unpaired) electrons. The second-order valence-electron chi connectivity index (χ2n) is 7.82. The van der Waals surface area contributed by atoms with Gasteiger partial charge in [-0.1, -0.05) is 18.2 Å². The predicted molar refractivity (Wildman–Crippen MR) is 109 cm³/mol. The molecule has 1 amide bonds. The molecule has 0 N–H and O–H groups in total. The van der Waals surface area contributed by atoms with Crippen molar-refractivity contribution in [2.75, 3.05) is 19.7 Å². The van der Waals surface area contributed by atoms with Crippen molar-refractivity contribution in [1.29, 1.82) is 0 Å². The van der Waals surface area contributed by atoms with Crippen LogP contribution in [0.25, 0.3) is 16.9 Å². The van der Waals surface area contributed by atoms with Crippen LogP contribution in [0.4, 0.5) is 0 Å². The molecule has 150 valence electrons. The minimum absolute atomic E-state index is 0.0492. The van der Waals surface area contributed by atoms with E-state index in [1.165, 1.54) is 4.68 Å². The van der Waals surface area contributed by atoms with Gasteiger partial charge in [-0.2, -0.15) is 9.78 Å². The molecule has 0 bridgehead atoms. The molecule has 1 aromatic carbocycles. The van der Waals surface area contributed by atoms with Crippen LogP contribution in [0, 0.1) is 0 Å². The van der Waals surface area contributed by atoms with E-state index in [9.17, 15) is 9.59 Å². The lowest BCUT2D eigenvalue weighted by molar-refractivity contribution is 0.0789. The summed E-state index contributed by atoms with van der Waals surface area (Å²) >= 11 is 0. The quantitative estimate of drug-likeness (QED) is 0.684. The highest BCUT2D eigenvalue weighted by molar-refractivity contribution is 6.00. The van der Waals surface area contributed by atoms with Gasteiger partial charge in [0.2, 0.25) is 0 Å². The number of benzene rings is 1. The molecule has 0 spiro atoms. The largest absolute Gasteiger partial charge is 0.376 e. The van der Waals surface area contributed by atoms with Crippen molar-refractivity contribution >= 4 is 5.91 Å². The number of hydrogen-bond donors (Lipinski definition) is 0. The maximum absolute atomic E-state index is 13.2. The monoisotopic (exact) mass is 392 g/mol. The zero-order valence-corrected chi connectivity index (χ0v) is 16.3. The van der Waals surface area contributed by atoms with Crippen LogP contribution in [0.15, 0.2) is 47.5 Å². The first kappa shape index (κ1) is 18.1. The average molecular weight is 392 g/mol. The molecule has 7 nitrogen and oxygen atoms in total. The first-order valence-corrected chi connectivity index (χ1v) is 10.3. The number of likely N-dealkylation sites (tertiary alicyclic amines) is 1. The lowest BCUT2D eigenvalue weighted by Crippen LogP contribution is -2.29. The van der Waals surface area contributed by atoms with Crippen LogP contribution in [0.5, 0.6) is 0 Å². The fourth-order valence-corrected chi connectivity index (χ4v) is 4.28. The Morgan fingerprint density at radius 1 is 1.10 bits per heavy atom. The summed E-state index contributed by atoms with van der Waals surface area (Å²) in [6.45, 7) is 2.91. The highest BCUT2D eigenvalue weighted by atomic mass is 16.5. The minimum Gasteiger partial charge on any atom is -0.376 e. The number of para-hydroxylation sites is 1. The van der Waals surface area contributed by atoms with Crippen molar-refractivity contribution in [3.05, 3.63) is 58.6 Å². The van der Waals surface area contributed by atoms with Crippen LogP contribution < -0.4 is 5.56 Å². The van der Waals surface area contributed by atoms with Crippen LogP contribution >= 0.6 is 0 Å². The van der Waals surface area contributed by atoms with Gasteiger partial charge in [0.1, 0.15) is 5.69 Å². The van der Waals surface area contributed by atoms with Gasteiger partial charge in [-0.05, 0) is 37.8 Å². The number of hydrogen-bond acceptors (Lipinski definition) is 4. The van der Waals surface area contributed by atoms with Gasteiger partial charge in [0.25, 0.3) is 11.5 Å². The Morgan fingerprint density at radius 2 is 1.90 bits per heavy atom. The Morgan fingerprint density at radius 3 is 2.62 bits per heavy atom. The molecule has 2 fully saturated rings. The van der Waals surface area contributed by atoms with Gasteiger partial charge in [-0.3, -0.25) is 9.59 Å². The first-order chi connectivity index (χ1) is 14.2. The summed E-state index contributed by atoms with van der Waals surface area (Å²) in [5.41, 5.74) is 1.92. The lowest BCUT2D eigenvalue weighted by atomic mass is 10.1. The number of aromatic nitrogens is 3. The fourth-order valence-electron chi connectivity index (χ4n) is 4.28. The topological polar surface area (TPSA) is 69.4 Å². The SMILES string of the molecule is O=C(c1cn(C[C@H]2CCCO2)cc2c(=O)n(-c3ccccc3)nc1-2)N1CCCC1. The van der Waals surface area contributed by atoms with Crippen molar-refractivity contribution in [2.24, 2.45) is 0 Å². The zero-order chi connectivity index (χ0) is 19.8. The van der Waals surface area contributed by atoms with E-state index in [1.807, 2.05) is 52.2 Å². The summed E-state index contributed by atoms with van der Waals surface area (Å²) in [6.07, 6.45) is 7.84. The number of ether oxygens (including phenoxy) is 1. The number of carbonyl (C=O) groups is 1. The normalized spacial score (nSPS) is 19.3. The summed E-state index contributed by atoms with van der Waals surface area (Å²) in [6, 6.07) is 9.32. The molecule has 4 aliphatic rings.